The van der Waals surface area contributed by atoms with Crippen LogP contribution < -0.4 is 5.32 Å². The summed E-state index contributed by atoms with van der Waals surface area (Å²) < 4.78 is 5.90. The lowest BCUT2D eigenvalue weighted by molar-refractivity contribution is 0.103. The molecule has 2 heteroatoms. The number of nitrogens with one attached hydrogen (secondary N) is 1. The molecule has 0 aliphatic carbocycles. The molecule has 2 aromatic carbocycles. The summed E-state index contributed by atoms with van der Waals surface area (Å²) in [7, 11) is 0. The fourth-order valence-corrected chi connectivity index (χ4v) is 2.58. The minimum absolute atomic E-state index is 0.258. The average Bonchev–Trinajstić information content (AvgIpc) is 2.49. The highest BCUT2D eigenvalue weighted by Gasteiger charge is 2.13. The summed E-state index contributed by atoms with van der Waals surface area (Å²) in [5.74, 6) is 0.695. The van der Waals surface area contributed by atoms with Gasteiger partial charge in [0.2, 0.25) is 0 Å². The molecule has 1 unspecified atom stereocenters. The molecule has 114 valence electrons. The van der Waals surface area contributed by atoms with Gasteiger partial charge in [-0.15, -0.1) is 0 Å². The molecule has 0 radical (unpaired) electrons. The maximum atomic E-state index is 5.90. The maximum absolute atomic E-state index is 5.90. The van der Waals surface area contributed by atoms with Crippen molar-refractivity contribution in [2.45, 2.75) is 33.2 Å². The van der Waals surface area contributed by atoms with Gasteiger partial charge in [0.15, 0.2) is 0 Å². The van der Waals surface area contributed by atoms with Crippen molar-refractivity contribution >= 4 is 10.8 Å². The smallest absolute Gasteiger partial charge is 0.0661 e. The summed E-state index contributed by atoms with van der Waals surface area (Å²) in [5.41, 5.74) is 1.33. The Bertz CT molecular complexity index is 545. The summed E-state index contributed by atoms with van der Waals surface area (Å²) in [6.07, 6.45) is 1.12. The molecule has 1 atom stereocenters. The predicted octanol–water partition coefficient (Wildman–Crippen LogP) is 4.55. The summed E-state index contributed by atoms with van der Waals surface area (Å²) in [4.78, 5) is 0. The van der Waals surface area contributed by atoms with Crippen LogP contribution in [0.2, 0.25) is 0 Å². The van der Waals surface area contributed by atoms with Gasteiger partial charge in [0.1, 0.15) is 0 Å². The van der Waals surface area contributed by atoms with E-state index in [2.05, 4.69) is 68.6 Å². The summed E-state index contributed by atoms with van der Waals surface area (Å²) in [5, 5.41) is 6.16. The van der Waals surface area contributed by atoms with Crippen LogP contribution in [0.3, 0.4) is 0 Å². The third-order valence-corrected chi connectivity index (χ3v) is 3.77. The Balaban J connectivity index is 2.12. The van der Waals surface area contributed by atoms with Crippen LogP contribution in [0, 0.1) is 5.92 Å². The van der Waals surface area contributed by atoms with Crippen LogP contribution in [-0.2, 0) is 4.74 Å². The van der Waals surface area contributed by atoms with E-state index in [1.165, 1.54) is 16.3 Å². The number of benzene rings is 2. The Labute approximate surface area is 128 Å². The number of fused-ring (bicyclic) bond motifs is 1. The van der Waals surface area contributed by atoms with Crippen molar-refractivity contribution in [2.75, 3.05) is 19.8 Å². The van der Waals surface area contributed by atoms with Crippen molar-refractivity contribution in [1.29, 1.82) is 0 Å². The van der Waals surface area contributed by atoms with E-state index in [9.17, 15) is 0 Å². The number of likely N-dealkylation sites (N-methyl/N-ethyl adjacent to an activating group) is 1. The highest BCUT2D eigenvalue weighted by Crippen LogP contribution is 2.24. The molecule has 21 heavy (non-hydrogen) atoms. The van der Waals surface area contributed by atoms with Gasteiger partial charge >= 0.3 is 0 Å². The minimum Gasteiger partial charge on any atom is -0.379 e. The van der Waals surface area contributed by atoms with Crippen LogP contribution in [0.15, 0.2) is 42.5 Å². The Morgan fingerprint density at radius 3 is 2.57 bits per heavy atom. The standard InChI is InChI=1S/C19H27NO/c1-4-20-19(14-21-13-12-15(2)3)18-11-7-9-16-8-5-6-10-17(16)18/h5-11,15,19-20H,4,12-14H2,1-3H3. The molecule has 0 heterocycles. The summed E-state index contributed by atoms with van der Waals surface area (Å²) in [6, 6.07) is 15.3. The highest BCUT2D eigenvalue weighted by molar-refractivity contribution is 5.86. The lowest BCUT2D eigenvalue weighted by atomic mass is 9.99. The normalized spacial score (nSPS) is 13.0. The highest BCUT2D eigenvalue weighted by atomic mass is 16.5. The topological polar surface area (TPSA) is 21.3 Å². The third kappa shape index (κ3) is 4.55. The number of rotatable bonds is 8. The molecule has 0 saturated carbocycles. The van der Waals surface area contributed by atoms with Crippen LogP contribution in [0.4, 0.5) is 0 Å². The van der Waals surface area contributed by atoms with Gasteiger partial charge in [-0.25, -0.2) is 0 Å². The molecule has 0 saturated heterocycles. The van der Waals surface area contributed by atoms with Crippen molar-refractivity contribution < 1.29 is 4.74 Å². The van der Waals surface area contributed by atoms with Gasteiger partial charge in [0.05, 0.1) is 12.6 Å². The second kappa shape index (κ2) is 8.16. The fourth-order valence-electron chi connectivity index (χ4n) is 2.58. The third-order valence-electron chi connectivity index (χ3n) is 3.77. The van der Waals surface area contributed by atoms with Crippen LogP contribution in [0.1, 0.15) is 38.8 Å². The van der Waals surface area contributed by atoms with Gasteiger partial charge in [0, 0.05) is 6.61 Å². The summed E-state index contributed by atoms with van der Waals surface area (Å²) in [6.45, 7) is 9.12. The monoisotopic (exact) mass is 285 g/mol. The molecule has 0 amide bonds. The molecule has 0 aliphatic rings. The maximum Gasteiger partial charge on any atom is 0.0661 e. The van der Waals surface area contributed by atoms with Gasteiger partial charge < -0.3 is 10.1 Å². The van der Waals surface area contributed by atoms with Crippen LogP contribution in [-0.4, -0.2) is 19.8 Å². The number of hydrogen-bond donors (Lipinski definition) is 1. The van der Waals surface area contributed by atoms with Gasteiger partial charge in [0.25, 0.3) is 0 Å². The molecule has 0 fully saturated rings. The second-order valence-electron chi connectivity index (χ2n) is 5.94. The molecule has 2 nitrogen and oxygen atoms in total. The van der Waals surface area contributed by atoms with E-state index < -0.39 is 0 Å². The molecule has 2 aromatic rings. The first-order valence-electron chi connectivity index (χ1n) is 8.01. The van der Waals surface area contributed by atoms with E-state index >= 15 is 0 Å². The van der Waals surface area contributed by atoms with Gasteiger partial charge in [-0.3, -0.25) is 0 Å². The average molecular weight is 285 g/mol. The minimum atomic E-state index is 0.258. The lowest BCUT2D eigenvalue weighted by Gasteiger charge is -2.20. The van der Waals surface area contributed by atoms with Gasteiger partial charge in [-0.05, 0) is 35.2 Å². The van der Waals surface area contributed by atoms with E-state index in [1.807, 2.05) is 0 Å². The van der Waals surface area contributed by atoms with E-state index in [-0.39, 0.29) is 6.04 Å². The molecular formula is C19H27NO. The first-order chi connectivity index (χ1) is 10.2. The molecule has 0 aromatic heterocycles. The largest absolute Gasteiger partial charge is 0.379 e. The molecule has 0 bridgehead atoms. The second-order valence-corrected chi connectivity index (χ2v) is 5.94. The fraction of sp³-hybridized carbons (Fsp3) is 0.474. The number of hydrogen-bond acceptors (Lipinski definition) is 2. The van der Waals surface area contributed by atoms with Crippen LogP contribution in [0.25, 0.3) is 10.8 Å². The quantitative estimate of drug-likeness (QED) is 0.718. The van der Waals surface area contributed by atoms with E-state index in [0.29, 0.717) is 5.92 Å². The predicted molar refractivity (Wildman–Crippen MR) is 90.6 cm³/mol. The Morgan fingerprint density at radius 1 is 1.05 bits per heavy atom. The van der Waals surface area contributed by atoms with Crippen molar-refractivity contribution in [3.63, 3.8) is 0 Å². The van der Waals surface area contributed by atoms with Gasteiger partial charge in [-0.1, -0.05) is 63.2 Å². The van der Waals surface area contributed by atoms with Crippen molar-refractivity contribution in [3.8, 4) is 0 Å². The van der Waals surface area contributed by atoms with Gasteiger partial charge in [-0.2, -0.15) is 0 Å². The summed E-state index contributed by atoms with van der Waals surface area (Å²) >= 11 is 0. The number of ether oxygens (including phenoxy) is 1. The van der Waals surface area contributed by atoms with Crippen molar-refractivity contribution in [2.24, 2.45) is 5.92 Å². The SMILES string of the molecule is CCNC(COCCC(C)C)c1cccc2ccccc12. The van der Waals surface area contributed by atoms with Crippen molar-refractivity contribution in [1.82, 2.24) is 5.32 Å². The Kier molecular flexibility index (Phi) is 6.21. The first-order valence-corrected chi connectivity index (χ1v) is 8.01. The molecule has 2 rings (SSSR count). The molecule has 1 N–H and O–H groups in total. The molecule has 0 spiro atoms. The molecule has 0 aliphatic heterocycles. The van der Waals surface area contributed by atoms with Crippen LogP contribution >= 0.6 is 0 Å². The van der Waals surface area contributed by atoms with Crippen molar-refractivity contribution in [3.05, 3.63) is 48.0 Å². The van der Waals surface area contributed by atoms with E-state index in [4.69, 9.17) is 4.74 Å². The Hall–Kier alpha value is -1.38. The van der Waals surface area contributed by atoms with E-state index in [0.717, 1.165) is 26.2 Å². The lowest BCUT2D eigenvalue weighted by Crippen LogP contribution is -2.26. The van der Waals surface area contributed by atoms with Crippen LogP contribution in [0.5, 0.6) is 0 Å². The Morgan fingerprint density at radius 2 is 1.81 bits per heavy atom. The zero-order valence-electron chi connectivity index (χ0n) is 13.4. The first kappa shape index (κ1) is 16.0. The molecular weight excluding hydrogens is 258 g/mol. The zero-order valence-corrected chi connectivity index (χ0v) is 13.4. The van der Waals surface area contributed by atoms with E-state index in [1.54, 1.807) is 0 Å². The zero-order chi connectivity index (χ0) is 15.1.